The number of hydrogen-bond donors (Lipinski definition) is 0. The molecule has 4 rings (SSSR count). The topological polar surface area (TPSA) is 65.8 Å². The fourth-order valence-corrected chi connectivity index (χ4v) is 4.66. The number of carbonyl (C=O) groups excluding carboxylic acids is 1. The lowest BCUT2D eigenvalue weighted by atomic mass is 9.94. The number of amides is 1. The number of piperidine rings is 1. The van der Waals surface area contributed by atoms with Crippen LogP contribution in [0.2, 0.25) is 0 Å². The molecule has 2 aliphatic rings. The number of hydrogen-bond acceptors (Lipinski definition) is 5. The second-order valence-electron chi connectivity index (χ2n) is 7.88. The average molecular weight is 414 g/mol. The summed E-state index contributed by atoms with van der Waals surface area (Å²) in [6.07, 6.45) is 4.23. The number of likely N-dealkylation sites (tertiary alicyclic amines) is 1. The minimum atomic E-state index is 0.00565. The molecule has 1 fully saturated rings. The van der Waals surface area contributed by atoms with Gasteiger partial charge in [0.2, 0.25) is 5.91 Å². The highest BCUT2D eigenvalue weighted by Gasteiger charge is 2.34. The van der Waals surface area contributed by atoms with Crippen molar-refractivity contribution in [2.45, 2.75) is 58.2 Å². The maximum absolute atomic E-state index is 13.4. The van der Waals surface area contributed by atoms with E-state index in [1.807, 2.05) is 23.1 Å². The summed E-state index contributed by atoms with van der Waals surface area (Å²) in [6.45, 7) is 5.04. The van der Waals surface area contributed by atoms with E-state index in [1.54, 1.807) is 14.2 Å². The number of fused-ring (bicyclic) bond motifs is 1. The van der Waals surface area contributed by atoms with E-state index in [2.05, 4.69) is 11.6 Å². The van der Waals surface area contributed by atoms with E-state index in [-0.39, 0.29) is 18.4 Å². The first kappa shape index (κ1) is 20.7. The Labute approximate surface area is 177 Å². The van der Waals surface area contributed by atoms with Crippen LogP contribution in [0.15, 0.2) is 18.2 Å². The lowest BCUT2D eigenvalue weighted by Gasteiger charge is -2.35. The van der Waals surface area contributed by atoms with Crippen molar-refractivity contribution in [3.05, 3.63) is 40.7 Å². The Bertz CT molecular complexity index is 908. The second-order valence-corrected chi connectivity index (χ2v) is 7.88. The molecule has 1 atom stereocenters. The van der Waals surface area contributed by atoms with Gasteiger partial charge in [-0.2, -0.15) is 5.10 Å². The molecule has 0 bridgehead atoms. The van der Waals surface area contributed by atoms with Gasteiger partial charge in [0.15, 0.2) is 0 Å². The number of aromatic nitrogens is 2. The smallest absolute Gasteiger partial charge is 0.227 e. The van der Waals surface area contributed by atoms with Crippen molar-refractivity contribution in [2.24, 2.45) is 0 Å². The van der Waals surface area contributed by atoms with Gasteiger partial charge in [0.25, 0.3) is 0 Å². The molecular formula is C23H31N3O4. The van der Waals surface area contributed by atoms with E-state index >= 15 is 0 Å². The number of aryl methyl sites for hydroxylation is 1. The molecule has 2 aliphatic heterocycles. The molecule has 0 aliphatic carbocycles. The Kier molecular flexibility index (Phi) is 6.27. The van der Waals surface area contributed by atoms with Gasteiger partial charge in [-0.25, -0.2) is 0 Å². The van der Waals surface area contributed by atoms with Crippen LogP contribution in [0.3, 0.4) is 0 Å². The van der Waals surface area contributed by atoms with Crippen LogP contribution in [-0.2, 0) is 35.5 Å². The van der Waals surface area contributed by atoms with Crippen molar-refractivity contribution in [3.63, 3.8) is 0 Å². The molecule has 2 aromatic rings. The van der Waals surface area contributed by atoms with Gasteiger partial charge in [0, 0.05) is 36.3 Å². The van der Waals surface area contributed by atoms with E-state index in [0.29, 0.717) is 12.4 Å². The molecule has 1 aromatic heterocycles. The highest BCUT2D eigenvalue weighted by molar-refractivity contribution is 5.80. The fourth-order valence-electron chi connectivity index (χ4n) is 4.66. The zero-order valence-electron chi connectivity index (χ0n) is 18.1. The van der Waals surface area contributed by atoms with Crippen molar-refractivity contribution in [2.75, 3.05) is 27.4 Å². The van der Waals surface area contributed by atoms with Gasteiger partial charge in [-0.3, -0.25) is 9.48 Å². The molecule has 1 amide bonds. The Morgan fingerprint density at radius 3 is 2.90 bits per heavy atom. The molecule has 0 spiro atoms. The average Bonchev–Trinajstić information content (AvgIpc) is 3.17. The van der Waals surface area contributed by atoms with Gasteiger partial charge in [0.1, 0.15) is 11.5 Å². The summed E-state index contributed by atoms with van der Waals surface area (Å²) in [5, 5.41) is 4.93. The van der Waals surface area contributed by atoms with Crippen LogP contribution in [0.25, 0.3) is 0 Å². The molecule has 7 heteroatoms. The van der Waals surface area contributed by atoms with Crippen LogP contribution < -0.4 is 9.47 Å². The molecule has 7 nitrogen and oxygen atoms in total. The van der Waals surface area contributed by atoms with Gasteiger partial charge >= 0.3 is 0 Å². The van der Waals surface area contributed by atoms with Crippen molar-refractivity contribution in [3.8, 4) is 11.5 Å². The van der Waals surface area contributed by atoms with Gasteiger partial charge in [-0.15, -0.1) is 0 Å². The normalized spacial score (nSPS) is 18.8. The standard InChI is InChI=1S/C23H31N3O4/c1-4-26-19-10-12-30-15-18(19)23(24-26)20-7-5-6-11-25(20)22(27)14-16-13-17(28-2)8-9-21(16)29-3/h8-9,13,20H,4-7,10-12,14-15H2,1-3H3. The van der Waals surface area contributed by atoms with Crippen molar-refractivity contribution >= 4 is 5.91 Å². The predicted octanol–water partition coefficient (Wildman–Crippen LogP) is 3.29. The number of ether oxygens (including phenoxy) is 3. The third-order valence-electron chi connectivity index (χ3n) is 6.19. The highest BCUT2D eigenvalue weighted by atomic mass is 16.5. The van der Waals surface area contributed by atoms with E-state index in [0.717, 1.165) is 62.4 Å². The summed E-state index contributed by atoms with van der Waals surface area (Å²) in [6, 6.07) is 5.59. The molecule has 0 saturated carbocycles. The second kappa shape index (κ2) is 9.08. The van der Waals surface area contributed by atoms with Crippen molar-refractivity contribution in [1.29, 1.82) is 0 Å². The molecule has 162 valence electrons. The van der Waals surface area contributed by atoms with Crippen molar-refractivity contribution < 1.29 is 19.0 Å². The minimum absolute atomic E-state index is 0.00565. The first-order chi connectivity index (χ1) is 14.7. The number of nitrogens with zero attached hydrogens (tertiary/aromatic N) is 3. The molecule has 1 unspecified atom stereocenters. The van der Waals surface area contributed by atoms with Gasteiger partial charge in [-0.05, 0) is 44.4 Å². The fraction of sp³-hybridized carbons (Fsp3) is 0.565. The molecule has 1 aromatic carbocycles. The number of benzene rings is 1. The lowest BCUT2D eigenvalue weighted by molar-refractivity contribution is -0.134. The first-order valence-corrected chi connectivity index (χ1v) is 10.8. The van der Waals surface area contributed by atoms with Crippen LogP contribution >= 0.6 is 0 Å². The van der Waals surface area contributed by atoms with E-state index in [4.69, 9.17) is 19.3 Å². The maximum Gasteiger partial charge on any atom is 0.227 e. The third kappa shape index (κ3) is 3.90. The predicted molar refractivity (Wildman–Crippen MR) is 113 cm³/mol. The SMILES string of the molecule is CCn1nc(C2CCCCN2C(=O)Cc2cc(OC)ccc2OC)c2c1CCOC2. The van der Waals surface area contributed by atoms with Crippen molar-refractivity contribution in [1.82, 2.24) is 14.7 Å². The molecular weight excluding hydrogens is 382 g/mol. The first-order valence-electron chi connectivity index (χ1n) is 10.8. The Hall–Kier alpha value is -2.54. The third-order valence-corrected chi connectivity index (χ3v) is 6.19. The summed E-state index contributed by atoms with van der Waals surface area (Å²) in [5.41, 5.74) is 4.32. The minimum Gasteiger partial charge on any atom is -0.497 e. The van der Waals surface area contributed by atoms with Crippen LogP contribution in [-0.4, -0.2) is 48.0 Å². The summed E-state index contributed by atoms with van der Waals surface area (Å²) < 4.78 is 18.7. The monoisotopic (exact) mass is 413 g/mol. The van der Waals surface area contributed by atoms with E-state index < -0.39 is 0 Å². The number of carbonyl (C=O) groups is 1. The Morgan fingerprint density at radius 1 is 1.27 bits per heavy atom. The zero-order valence-corrected chi connectivity index (χ0v) is 18.1. The number of methoxy groups -OCH3 is 2. The quantitative estimate of drug-likeness (QED) is 0.727. The maximum atomic E-state index is 13.4. The van der Waals surface area contributed by atoms with Crippen LogP contribution in [0, 0.1) is 0 Å². The molecule has 0 N–H and O–H groups in total. The summed E-state index contributed by atoms with van der Waals surface area (Å²) in [7, 11) is 3.26. The van der Waals surface area contributed by atoms with E-state index in [1.165, 1.54) is 11.3 Å². The van der Waals surface area contributed by atoms with Crippen LogP contribution in [0.5, 0.6) is 11.5 Å². The number of rotatable bonds is 6. The summed E-state index contributed by atoms with van der Waals surface area (Å²) >= 11 is 0. The van der Waals surface area contributed by atoms with Gasteiger partial charge in [-0.1, -0.05) is 0 Å². The van der Waals surface area contributed by atoms with Gasteiger partial charge in [0.05, 0.1) is 45.6 Å². The lowest BCUT2D eigenvalue weighted by Crippen LogP contribution is -2.40. The van der Waals surface area contributed by atoms with Crippen LogP contribution in [0.1, 0.15) is 54.7 Å². The Balaban J connectivity index is 1.62. The zero-order chi connectivity index (χ0) is 21.1. The van der Waals surface area contributed by atoms with E-state index in [9.17, 15) is 4.79 Å². The van der Waals surface area contributed by atoms with Gasteiger partial charge < -0.3 is 19.1 Å². The molecule has 1 saturated heterocycles. The molecule has 3 heterocycles. The molecule has 0 radical (unpaired) electrons. The summed E-state index contributed by atoms with van der Waals surface area (Å²) in [5.74, 6) is 1.53. The largest absolute Gasteiger partial charge is 0.497 e. The molecule has 30 heavy (non-hydrogen) atoms. The van der Waals surface area contributed by atoms with Crippen LogP contribution in [0.4, 0.5) is 0 Å². The summed E-state index contributed by atoms with van der Waals surface area (Å²) in [4.78, 5) is 15.4. The highest BCUT2D eigenvalue weighted by Crippen LogP contribution is 2.36. The Morgan fingerprint density at radius 2 is 2.13 bits per heavy atom.